The highest BCUT2D eigenvalue weighted by Crippen LogP contribution is 2.62. The van der Waals surface area contributed by atoms with Crippen LogP contribution in [0, 0.1) is 22.7 Å². The van der Waals surface area contributed by atoms with Crippen LogP contribution in [0.15, 0.2) is 34.9 Å². The molecule has 3 heteroatoms. The lowest BCUT2D eigenvalue weighted by molar-refractivity contribution is -0.195. The summed E-state index contributed by atoms with van der Waals surface area (Å²) in [6, 6.07) is 0. The molecule has 0 unspecified atom stereocenters. The lowest BCUT2D eigenvalue weighted by Gasteiger charge is -2.62. The van der Waals surface area contributed by atoms with Crippen LogP contribution in [0.2, 0.25) is 0 Å². The molecule has 190 valence electrons. The summed E-state index contributed by atoms with van der Waals surface area (Å²) >= 11 is 0. The summed E-state index contributed by atoms with van der Waals surface area (Å²) in [4.78, 5) is 0. The molecule has 0 aromatic rings. The van der Waals surface area contributed by atoms with Gasteiger partial charge in [-0.15, -0.1) is 0 Å². The summed E-state index contributed by atoms with van der Waals surface area (Å²) in [6.45, 7) is 15.5. The molecule has 0 spiro atoms. The minimum absolute atomic E-state index is 0.0791. The zero-order chi connectivity index (χ0) is 24.9. The van der Waals surface area contributed by atoms with E-state index in [0.717, 1.165) is 69.8 Å². The van der Waals surface area contributed by atoms with Gasteiger partial charge in [0.25, 0.3) is 0 Å². The van der Waals surface area contributed by atoms with Crippen LogP contribution in [0.4, 0.5) is 0 Å². The molecular weight excluding hydrogens is 408 g/mol. The first kappa shape index (κ1) is 28.3. The van der Waals surface area contributed by atoms with Crippen molar-refractivity contribution in [1.82, 2.24) is 0 Å². The predicted octanol–water partition coefficient (Wildman–Crippen LogP) is 7.12. The van der Waals surface area contributed by atoms with E-state index in [9.17, 15) is 10.2 Å². The molecule has 2 rings (SSSR count). The van der Waals surface area contributed by atoms with E-state index in [1.54, 1.807) is 0 Å². The third-order valence-electron chi connectivity index (χ3n) is 9.26. The topological polar surface area (TPSA) is 60.7 Å². The summed E-state index contributed by atoms with van der Waals surface area (Å²) in [5.41, 5.74) is 3.30. The first-order chi connectivity index (χ1) is 15.3. The monoisotopic (exact) mass is 460 g/mol. The average molecular weight is 461 g/mol. The van der Waals surface area contributed by atoms with Crippen LogP contribution in [0.5, 0.6) is 0 Å². The Kier molecular flexibility index (Phi) is 10.0. The zero-order valence-corrected chi connectivity index (χ0v) is 22.6. The Hall–Kier alpha value is -0.900. The summed E-state index contributed by atoms with van der Waals surface area (Å²) in [5, 5.41) is 31.1. The minimum Gasteiger partial charge on any atom is -0.393 e. The molecule has 2 aliphatic rings. The molecule has 2 fully saturated rings. The number of hydrogen-bond donors (Lipinski definition) is 3. The third-order valence-corrected chi connectivity index (χ3v) is 9.26. The highest BCUT2D eigenvalue weighted by Gasteiger charge is 2.59. The van der Waals surface area contributed by atoms with Gasteiger partial charge in [0.1, 0.15) is 0 Å². The molecular formula is C30H52O3. The second-order valence-corrected chi connectivity index (χ2v) is 12.3. The van der Waals surface area contributed by atoms with Crippen molar-refractivity contribution in [2.24, 2.45) is 22.7 Å². The fourth-order valence-electron chi connectivity index (χ4n) is 7.01. The van der Waals surface area contributed by atoms with Gasteiger partial charge in [0.15, 0.2) is 0 Å². The molecule has 33 heavy (non-hydrogen) atoms. The van der Waals surface area contributed by atoms with Crippen LogP contribution in [0.3, 0.4) is 0 Å². The lowest BCUT2D eigenvalue weighted by atomic mass is 9.44. The third kappa shape index (κ3) is 7.05. The van der Waals surface area contributed by atoms with Gasteiger partial charge in [-0.05, 0) is 115 Å². The van der Waals surface area contributed by atoms with E-state index in [1.807, 2.05) is 6.92 Å². The van der Waals surface area contributed by atoms with Crippen LogP contribution < -0.4 is 0 Å². The lowest BCUT2D eigenvalue weighted by Crippen LogP contribution is -2.60. The van der Waals surface area contributed by atoms with Crippen LogP contribution in [-0.4, -0.2) is 33.6 Å². The van der Waals surface area contributed by atoms with Crippen molar-refractivity contribution in [3.8, 4) is 0 Å². The molecule has 5 atom stereocenters. The van der Waals surface area contributed by atoms with Crippen molar-refractivity contribution in [2.45, 2.75) is 124 Å². The van der Waals surface area contributed by atoms with Gasteiger partial charge in [0.05, 0.1) is 18.3 Å². The van der Waals surface area contributed by atoms with Crippen LogP contribution in [-0.2, 0) is 0 Å². The van der Waals surface area contributed by atoms with Gasteiger partial charge < -0.3 is 15.3 Å². The van der Waals surface area contributed by atoms with Gasteiger partial charge in [-0.2, -0.15) is 0 Å². The molecule has 0 aromatic heterocycles. The number of aliphatic hydroxyl groups excluding tert-OH is 2. The van der Waals surface area contributed by atoms with Gasteiger partial charge in [-0.25, -0.2) is 0 Å². The summed E-state index contributed by atoms with van der Waals surface area (Å²) in [5.74, 6) is 0.741. The number of hydrogen-bond acceptors (Lipinski definition) is 3. The Bertz CT molecular complexity index is 727. The zero-order valence-electron chi connectivity index (χ0n) is 22.6. The molecule has 2 aliphatic carbocycles. The normalized spacial score (nSPS) is 35.5. The molecule has 0 saturated heterocycles. The fraction of sp³-hybridized carbons (Fsp3) is 0.800. The van der Waals surface area contributed by atoms with Crippen LogP contribution >= 0.6 is 0 Å². The van der Waals surface area contributed by atoms with Crippen LogP contribution in [0.25, 0.3) is 0 Å². The maximum atomic E-state index is 11.4. The Morgan fingerprint density at radius 3 is 1.94 bits per heavy atom. The second-order valence-electron chi connectivity index (χ2n) is 12.3. The summed E-state index contributed by atoms with van der Waals surface area (Å²) < 4.78 is 0. The summed E-state index contributed by atoms with van der Waals surface area (Å²) in [6.07, 6.45) is 16.6. The van der Waals surface area contributed by atoms with Gasteiger partial charge in [-0.3, -0.25) is 0 Å². The first-order valence-corrected chi connectivity index (χ1v) is 13.3. The highest BCUT2D eigenvalue weighted by molar-refractivity contribution is 5.11. The van der Waals surface area contributed by atoms with Gasteiger partial charge in [0.2, 0.25) is 0 Å². The quantitative estimate of drug-likeness (QED) is 0.304. The highest BCUT2D eigenvalue weighted by atomic mass is 16.3. The standard InChI is InChI=1S/C30H52O3/c1-22(13-9-15-24(3)21-31)11-8-12-23(2)14-10-16-26-29(6)19-18-27(32)28(4,5)25(29)17-20-30(26,7)33/h11,14-15,25-27,31-33H,8-10,12-13,16-21H2,1-7H3/b22-11+,23-14+,24-15+/t25-,26+,27-,29-,30+/m0/s1. The molecule has 2 saturated carbocycles. The molecule has 3 N–H and O–H groups in total. The Balaban J connectivity index is 1.92. The van der Waals surface area contributed by atoms with Crippen molar-refractivity contribution in [3.05, 3.63) is 34.9 Å². The largest absolute Gasteiger partial charge is 0.393 e. The second kappa shape index (κ2) is 11.7. The van der Waals surface area contributed by atoms with E-state index in [2.05, 4.69) is 59.8 Å². The van der Waals surface area contributed by atoms with Gasteiger partial charge in [0, 0.05) is 0 Å². The van der Waals surface area contributed by atoms with E-state index < -0.39 is 5.60 Å². The molecule has 0 bridgehead atoms. The van der Waals surface area contributed by atoms with E-state index in [1.165, 1.54) is 11.1 Å². The predicted molar refractivity (Wildman–Crippen MR) is 140 cm³/mol. The fourth-order valence-corrected chi connectivity index (χ4v) is 7.01. The van der Waals surface area contributed by atoms with Crippen molar-refractivity contribution >= 4 is 0 Å². The number of fused-ring (bicyclic) bond motifs is 1. The number of rotatable bonds is 10. The smallest absolute Gasteiger partial charge is 0.0653 e. The summed E-state index contributed by atoms with van der Waals surface area (Å²) in [7, 11) is 0. The van der Waals surface area contributed by atoms with Crippen LogP contribution in [0.1, 0.15) is 113 Å². The first-order valence-electron chi connectivity index (χ1n) is 13.3. The van der Waals surface area contributed by atoms with E-state index >= 15 is 0 Å². The molecule has 0 heterocycles. The maximum absolute atomic E-state index is 11.4. The van der Waals surface area contributed by atoms with E-state index in [0.29, 0.717) is 5.92 Å². The molecule has 3 nitrogen and oxygen atoms in total. The van der Waals surface area contributed by atoms with Crippen molar-refractivity contribution in [2.75, 3.05) is 6.61 Å². The number of allylic oxidation sites excluding steroid dienone is 5. The SMILES string of the molecule is C/C(=C\CC/C(C)=C/CC/C(C)=C/CC[C@@H]1[C@@]2(C)CC[C@H](O)C(C)(C)[C@@H]2CC[C@@]1(C)O)CO. The molecule has 0 radical (unpaired) electrons. The van der Waals surface area contributed by atoms with Gasteiger partial charge in [-0.1, -0.05) is 55.7 Å². The van der Waals surface area contributed by atoms with Crippen molar-refractivity contribution in [1.29, 1.82) is 0 Å². The van der Waals surface area contributed by atoms with Crippen molar-refractivity contribution < 1.29 is 15.3 Å². The van der Waals surface area contributed by atoms with E-state index in [-0.39, 0.29) is 29.5 Å². The van der Waals surface area contributed by atoms with Crippen molar-refractivity contribution in [3.63, 3.8) is 0 Å². The Morgan fingerprint density at radius 2 is 1.36 bits per heavy atom. The Morgan fingerprint density at radius 1 is 0.818 bits per heavy atom. The minimum atomic E-state index is -0.617. The molecule has 0 amide bonds. The van der Waals surface area contributed by atoms with E-state index in [4.69, 9.17) is 5.11 Å². The molecule has 0 aliphatic heterocycles. The number of aliphatic hydroxyl groups is 3. The Labute approximate surface area is 204 Å². The van der Waals surface area contributed by atoms with Gasteiger partial charge >= 0.3 is 0 Å². The average Bonchev–Trinajstić information content (AvgIpc) is 2.72. The molecule has 0 aromatic carbocycles. The maximum Gasteiger partial charge on any atom is 0.0653 e.